The van der Waals surface area contributed by atoms with Gasteiger partial charge in [-0.25, -0.2) is 0 Å². The van der Waals surface area contributed by atoms with Gasteiger partial charge in [0.2, 0.25) is 0 Å². The van der Waals surface area contributed by atoms with E-state index in [0.717, 1.165) is 25.2 Å². The fourth-order valence-electron chi connectivity index (χ4n) is 1.86. The lowest BCUT2D eigenvalue weighted by molar-refractivity contribution is -0.121. The Morgan fingerprint density at radius 2 is 1.73 bits per heavy atom. The second-order valence-corrected chi connectivity index (χ2v) is 4.13. The Bertz CT molecular complexity index is 332. The highest BCUT2D eigenvalue weighted by atomic mass is 16.1. The number of carbonyl (C=O) groups excluding carboxylic acids is 1. The quantitative estimate of drug-likeness (QED) is 0.731. The molecule has 2 heteroatoms. The van der Waals surface area contributed by atoms with Gasteiger partial charge >= 0.3 is 0 Å². The van der Waals surface area contributed by atoms with Crippen molar-refractivity contribution in [3.8, 4) is 0 Å². The van der Waals surface area contributed by atoms with Crippen molar-refractivity contribution < 1.29 is 4.79 Å². The number of carbonyl (C=O) groups is 1. The van der Waals surface area contributed by atoms with E-state index in [1.807, 2.05) is 12.1 Å². The highest BCUT2D eigenvalue weighted by molar-refractivity contribution is 5.79. The van der Waals surface area contributed by atoms with E-state index in [4.69, 9.17) is 0 Å². The number of Topliss-reactive ketones (excluding diaryl/α,β-unsaturated/α-hetero) is 1. The number of nitrogens with zero attached hydrogens (tertiary/aromatic N) is 1. The number of ketones is 1. The summed E-state index contributed by atoms with van der Waals surface area (Å²) in [6, 6.07) is 8.28. The lowest BCUT2D eigenvalue weighted by Crippen LogP contribution is -2.33. The summed E-state index contributed by atoms with van der Waals surface area (Å²) < 4.78 is 0. The lowest BCUT2D eigenvalue weighted by atomic mass is 10.1. The number of hydrogen-bond acceptors (Lipinski definition) is 2. The average molecular weight is 202 g/mol. The number of likely N-dealkylation sites (tertiary alicyclic amines) is 1. The van der Waals surface area contributed by atoms with Gasteiger partial charge in [-0.2, -0.15) is 0 Å². The Balaban J connectivity index is 1.91. The van der Waals surface area contributed by atoms with Crippen molar-refractivity contribution in [3.05, 3.63) is 42.3 Å². The van der Waals surface area contributed by atoms with E-state index >= 15 is 0 Å². The molecule has 1 saturated heterocycles. The minimum Gasteiger partial charge on any atom is -0.300 e. The van der Waals surface area contributed by atoms with E-state index < -0.39 is 0 Å². The van der Waals surface area contributed by atoms with Crippen molar-refractivity contribution >= 4 is 5.78 Å². The molecule has 1 fully saturated rings. The molecule has 1 aromatic carbocycles. The molecule has 2 rings (SSSR count). The van der Waals surface area contributed by atoms with E-state index in [1.165, 1.54) is 5.56 Å². The van der Waals surface area contributed by atoms with E-state index in [0.29, 0.717) is 18.6 Å². The first-order chi connectivity index (χ1) is 7.24. The zero-order valence-corrected chi connectivity index (χ0v) is 8.91. The van der Waals surface area contributed by atoms with Crippen molar-refractivity contribution in [2.75, 3.05) is 13.1 Å². The molecule has 1 aromatic rings. The smallest absolute Gasteiger partial charge is 0.135 e. The fraction of sp³-hybridized carbons (Fsp3) is 0.385. The van der Waals surface area contributed by atoms with Gasteiger partial charge in [0.1, 0.15) is 5.78 Å². The summed E-state index contributed by atoms with van der Waals surface area (Å²) in [6.45, 7) is 6.63. The molecule has 1 heterocycles. The maximum absolute atomic E-state index is 11.1. The molecule has 79 valence electrons. The average Bonchev–Trinajstić information content (AvgIpc) is 2.25. The first-order valence-corrected chi connectivity index (χ1v) is 5.39. The first-order valence-electron chi connectivity index (χ1n) is 5.39. The molecule has 0 aromatic heterocycles. The minimum atomic E-state index is 0.402. The number of rotatable bonds is 2. The number of hydrogen-bond donors (Lipinski definition) is 0. The zero-order chi connectivity index (χ0) is 10.7. The Labute approximate surface area is 90.9 Å². The highest BCUT2D eigenvalue weighted by Crippen LogP contribution is 2.11. The van der Waals surface area contributed by atoms with Crippen LogP contribution in [0, 0.1) is 6.92 Å². The molecule has 15 heavy (non-hydrogen) atoms. The number of benzene rings is 1. The molecule has 0 unspecified atom stereocenters. The van der Waals surface area contributed by atoms with Gasteiger partial charge < -0.3 is 0 Å². The van der Waals surface area contributed by atoms with Crippen LogP contribution in [0.25, 0.3) is 0 Å². The summed E-state index contributed by atoms with van der Waals surface area (Å²) in [5, 5.41) is 0. The Hall–Kier alpha value is -1.15. The second-order valence-electron chi connectivity index (χ2n) is 4.13. The summed E-state index contributed by atoms with van der Waals surface area (Å²) in [4.78, 5) is 13.4. The zero-order valence-electron chi connectivity index (χ0n) is 8.91. The molecular formula is C13H16NO. The van der Waals surface area contributed by atoms with Gasteiger partial charge in [0.05, 0.1) is 0 Å². The summed E-state index contributed by atoms with van der Waals surface area (Å²) in [7, 11) is 0. The SMILES string of the molecule is [CH2]c1ccc(CN2CCC(=O)CC2)cc1. The van der Waals surface area contributed by atoms with Crippen LogP contribution in [0.4, 0.5) is 0 Å². The topological polar surface area (TPSA) is 20.3 Å². The van der Waals surface area contributed by atoms with Crippen LogP contribution >= 0.6 is 0 Å². The van der Waals surface area contributed by atoms with Crippen LogP contribution in [-0.2, 0) is 11.3 Å². The molecule has 0 atom stereocenters. The second kappa shape index (κ2) is 4.58. The van der Waals surface area contributed by atoms with Crippen molar-refractivity contribution in [1.29, 1.82) is 0 Å². The van der Waals surface area contributed by atoms with Crippen molar-refractivity contribution in [3.63, 3.8) is 0 Å². The molecule has 1 aliphatic heterocycles. The van der Waals surface area contributed by atoms with E-state index in [9.17, 15) is 4.79 Å². The van der Waals surface area contributed by atoms with Gasteiger partial charge in [0.15, 0.2) is 0 Å². The van der Waals surface area contributed by atoms with Gasteiger partial charge in [0, 0.05) is 32.5 Å². The first kappa shape index (κ1) is 10.4. The van der Waals surface area contributed by atoms with Gasteiger partial charge in [0.25, 0.3) is 0 Å². The number of piperidine rings is 1. The normalized spacial score (nSPS) is 18.1. The molecule has 0 aliphatic carbocycles. The molecule has 0 saturated carbocycles. The monoisotopic (exact) mass is 202 g/mol. The van der Waals surface area contributed by atoms with E-state index in [2.05, 4.69) is 24.0 Å². The van der Waals surface area contributed by atoms with Gasteiger partial charge in [-0.05, 0) is 18.1 Å². The molecule has 0 spiro atoms. The van der Waals surface area contributed by atoms with Crippen molar-refractivity contribution in [2.24, 2.45) is 0 Å². The summed E-state index contributed by atoms with van der Waals surface area (Å²) in [6.07, 6.45) is 1.43. The third kappa shape index (κ3) is 2.90. The third-order valence-corrected chi connectivity index (χ3v) is 2.84. The fourth-order valence-corrected chi connectivity index (χ4v) is 1.86. The largest absolute Gasteiger partial charge is 0.300 e. The summed E-state index contributed by atoms with van der Waals surface area (Å²) in [5.74, 6) is 0.402. The highest BCUT2D eigenvalue weighted by Gasteiger charge is 2.15. The van der Waals surface area contributed by atoms with Gasteiger partial charge in [-0.1, -0.05) is 24.3 Å². The van der Waals surface area contributed by atoms with Crippen LogP contribution in [0.5, 0.6) is 0 Å². The predicted octanol–water partition coefficient (Wildman–Crippen LogP) is 2.03. The maximum atomic E-state index is 11.1. The van der Waals surface area contributed by atoms with Crippen LogP contribution in [0.15, 0.2) is 24.3 Å². The Morgan fingerprint density at radius 3 is 2.33 bits per heavy atom. The maximum Gasteiger partial charge on any atom is 0.135 e. The Morgan fingerprint density at radius 1 is 1.13 bits per heavy atom. The molecule has 2 nitrogen and oxygen atoms in total. The molecule has 0 bridgehead atoms. The van der Waals surface area contributed by atoms with E-state index in [1.54, 1.807) is 0 Å². The predicted molar refractivity (Wildman–Crippen MR) is 60.4 cm³/mol. The van der Waals surface area contributed by atoms with Gasteiger partial charge in [-0.3, -0.25) is 9.69 Å². The standard InChI is InChI=1S/C13H16NO/c1-11-2-4-12(5-3-11)10-14-8-6-13(15)7-9-14/h2-5H,1,6-10H2. The van der Waals surface area contributed by atoms with E-state index in [-0.39, 0.29) is 0 Å². The summed E-state index contributed by atoms with van der Waals surface area (Å²) >= 11 is 0. The van der Waals surface area contributed by atoms with Crippen LogP contribution in [0.1, 0.15) is 24.0 Å². The van der Waals surface area contributed by atoms with Crippen LogP contribution in [0.3, 0.4) is 0 Å². The molecular weight excluding hydrogens is 186 g/mol. The van der Waals surface area contributed by atoms with Crippen LogP contribution in [-0.4, -0.2) is 23.8 Å². The van der Waals surface area contributed by atoms with Crippen LogP contribution < -0.4 is 0 Å². The lowest BCUT2D eigenvalue weighted by Gasteiger charge is -2.25. The summed E-state index contributed by atoms with van der Waals surface area (Å²) in [5.41, 5.74) is 2.35. The third-order valence-electron chi connectivity index (χ3n) is 2.84. The minimum absolute atomic E-state index is 0.402. The molecule has 0 N–H and O–H groups in total. The van der Waals surface area contributed by atoms with Crippen LogP contribution in [0.2, 0.25) is 0 Å². The Kier molecular flexibility index (Phi) is 3.17. The van der Waals surface area contributed by atoms with Crippen molar-refractivity contribution in [1.82, 2.24) is 4.90 Å². The molecule has 1 aliphatic rings. The molecule has 0 amide bonds. The van der Waals surface area contributed by atoms with Gasteiger partial charge in [-0.15, -0.1) is 0 Å². The molecule has 1 radical (unpaired) electrons. The van der Waals surface area contributed by atoms with Crippen molar-refractivity contribution in [2.45, 2.75) is 19.4 Å².